The first-order chi connectivity index (χ1) is 16.8. The van der Waals surface area contributed by atoms with E-state index >= 15 is 0 Å². The molecule has 1 amide bonds. The number of amides is 1. The summed E-state index contributed by atoms with van der Waals surface area (Å²) in [5.41, 5.74) is 1.89. The summed E-state index contributed by atoms with van der Waals surface area (Å²) >= 11 is 0. The van der Waals surface area contributed by atoms with Gasteiger partial charge in [-0.15, -0.1) is 0 Å². The second-order valence-corrected chi connectivity index (χ2v) is 10.8. The number of rotatable bonds is 3. The number of nitrogens with zero attached hydrogens (tertiary/aromatic N) is 7. The summed E-state index contributed by atoms with van der Waals surface area (Å²) in [6.07, 6.45) is 14.7. The van der Waals surface area contributed by atoms with Crippen LogP contribution in [0.25, 0.3) is 11.2 Å². The molecule has 0 aromatic carbocycles. The normalized spacial score (nSPS) is 25.4. The molecule has 0 radical (unpaired) electrons. The lowest BCUT2D eigenvalue weighted by Gasteiger charge is -2.42. The van der Waals surface area contributed by atoms with Gasteiger partial charge in [-0.1, -0.05) is 12.8 Å². The monoisotopic (exact) mass is 465 g/mol. The molecule has 6 rings (SSSR count). The lowest BCUT2D eigenvalue weighted by molar-refractivity contribution is -0.137. The summed E-state index contributed by atoms with van der Waals surface area (Å²) in [5.74, 6) is 2.49. The largest absolute Gasteiger partial charge is 0.354 e. The van der Waals surface area contributed by atoms with E-state index in [-0.39, 0.29) is 5.92 Å². The molecule has 0 spiro atoms. The Labute approximate surface area is 202 Å². The molecule has 184 valence electrons. The molecule has 8 heteroatoms. The van der Waals surface area contributed by atoms with Crippen molar-refractivity contribution in [2.75, 3.05) is 44.2 Å². The van der Waals surface area contributed by atoms with Crippen molar-refractivity contribution in [3.05, 3.63) is 12.2 Å². The Morgan fingerprint density at radius 3 is 2.47 bits per heavy atom. The van der Waals surface area contributed by atoms with Crippen LogP contribution in [0, 0.1) is 5.92 Å². The molecule has 0 aliphatic carbocycles. The average molecular weight is 466 g/mol. The van der Waals surface area contributed by atoms with E-state index in [1.165, 1.54) is 51.6 Å². The van der Waals surface area contributed by atoms with Crippen LogP contribution in [0.5, 0.6) is 0 Å². The van der Waals surface area contributed by atoms with Crippen molar-refractivity contribution >= 4 is 22.9 Å². The molecular formula is C26H39N7O. The van der Waals surface area contributed by atoms with E-state index in [0.29, 0.717) is 11.9 Å². The van der Waals surface area contributed by atoms with E-state index in [0.717, 1.165) is 87.6 Å². The molecular weight excluding hydrogens is 426 g/mol. The van der Waals surface area contributed by atoms with E-state index in [1.54, 1.807) is 6.33 Å². The fourth-order valence-corrected chi connectivity index (χ4v) is 6.72. The third kappa shape index (κ3) is 4.30. The van der Waals surface area contributed by atoms with Crippen LogP contribution in [-0.4, -0.2) is 80.5 Å². The van der Waals surface area contributed by atoms with Crippen LogP contribution >= 0.6 is 0 Å². The third-order valence-corrected chi connectivity index (χ3v) is 8.63. The van der Waals surface area contributed by atoms with Crippen molar-refractivity contribution in [1.82, 2.24) is 29.3 Å². The summed E-state index contributed by atoms with van der Waals surface area (Å²) in [6.45, 7) is 7.03. The molecule has 4 aliphatic rings. The third-order valence-electron chi connectivity index (χ3n) is 8.63. The minimum Gasteiger partial charge on any atom is -0.354 e. The SMILES string of the molecule is O=C(C1CCCN(c2ncnc3c2nc2n3CCCCC2)C1)N1CCC(N2CCCCC2)CC1. The Kier molecular flexibility index (Phi) is 6.41. The first-order valence-corrected chi connectivity index (χ1v) is 13.8. The van der Waals surface area contributed by atoms with Crippen molar-refractivity contribution in [1.29, 1.82) is 0 Å². The van der Waals surface area contributed by atoms with Gasteiger partial charge in [-0.2, -0.15) is 0 Å². The summed E-state index contributed by atoms with van der Waals surface area (Å²) in [4.78, 5) is 34.9. The van der Waals surface area contributed by atoms with Gasteiger partial charge in [0.25, 0.3) is 0 Å². The van der Waals surface area contributed by atoms with Gasteiger partial charge in [0, 0.05) is 45.2 Å². The number of likely N-dealkylation sites (tertiary alicyclic amines) is 2. The molecule has 1 atom stereocenters. The standard InChI is InChI=1S/C26H39N7O/c34-26(31-16-10-21(11-17-31)30-12-4-2-5-13-30)20-8-7-14-32(18-20)24-23-25(28-19-27-24)33-15-6-1-3-9-22(33)29-23/h19-21H,1-18H2. The molecule has 4 aliphatic heterocycles. The first-order valence-electron chi connectivity index (χ1n) is 13.8. The molecule has 0 bridgehead atoms. The van der Waals surface area contributed by atoms with Crippen LogP contribution < -0.4 is 4.90 Å². The highest BCUT2D eigenvalue weighted by Crippen LogP contribution is 2.30. The summed E-state index contributed by atoms with van der Waals surface area (Å²) < 4.78 is 2.30. The highest BCUT2D eigenvalue weighted by molar-refractivity contribution is 5.85. The van der Waals surface area contributed by atoms with Crippen LogP contribution in [0.1, 0.15) is 70.0 Å². The van der Waals surface area contributed by atoms with Crippen molar-refractivity contribution in [3.63, 3.8) is 0 Å². The van der Waals surface area contributed by atoms with Gasteiger partial charge in [-0.05, 0) is 64.5 Å². The Morgan fingerprint density at radius 1 is 0.824 bits per heavy atom. The molecule has 34 heavy (non-hydrogen) atoms. The van der Waals surface area contributed by atoms with Crippen molar-refractivity contribution < 1.29 is 4.79 Å². The fourth-order valence-electron chi connectivity index (χ4n) is 6.72. The van der Waals surface area contributed by atoms with Gasteiger partial charge in [-0.25, -0.2) is 15.0 Å². The van der Waals surface area contributed by atoms with Crippen LogP contribution in [0.15, 0.2) is 6.33 Å². The van der Waals surface area contributed by atoms with Crippen LogP contribution in [-0.2, 0) is 17.8 Å². The zero-order valence-electron chi connectivity index (χ0n) is 20.5. The van der Waals surface area contributed by atoms with Gasteiger partial charge in [-0.3, -0.25) is 4.79 Å². The number of hydrogen-bond donors (Lipinski definition) is 0. The van der Waals surface area contributed by atoms with Crippen molar-refractivity contribution in [3.8, 4) is 0 Å². The smallest absolute Gasteiger partial charge is 0.227 e. The number of imidazole rings is 1. The maximum absolute atomic E-state index is 13.5. The summed E-state index contributed by atoms with van der Waals surface area (Å²) in [6, 6.07) is 0.678. The number of aromatic nitrogens is 4. The molecule has 8 nitrogen and oxygen atoms in total. The molecule has 2 aromatic heterocycles. The first kappa shape index (κ1) is 22.3. The van der Waals surface area contributed by atoms with Crippen LogP contribution in [0.4, 0.5) is 5.82 Å². The Morgan fingerprint density at radius 2 is 1.62 bits per heavy atom. The molecule has 0 N–H and O–H groups in total. The van der Waals surface area contributed by atoms with Gasteiger partial charge < -0.3 is 19.3 Å². The molecule has 2 aromatic rings. The number of hydrogen-bond acceptors (Lipinski definition) is 6. The van der Waals surface area contributed by atoms with Gasteiger partial charge in [0.15, 0.2) is 17.0 Å². The zero-order chi connectivity index (χ0) is 22.9. The highest BCUT2D eigenvalue weighted by atomic mass is 16.2. The second kappa shape index (κ2) is 9.80. The molecule has 0 saturated carbocycles. The van der Waals surface area contributed by atoms with Gasteiger partial charge in [0.1, 0.15) is 12.2 Å². The molecule has 6 heterocycles. The van der Waals surface area contributed by atoms with Crippen molar-refractivity contribution in [2.24, 2.45) is 5.92 Å². The predicted molar refractivity (Wildman–Crippen MR) is 133 cm³/mol. The van der Waals surface area contributed by atoms with Crippen LogP contribution in [0.2, 0.25) is 0 Å². The number of carbonyl (C=O) groups excluding carboxylic acids is 1. The lowest BCUT2D eigenvalue weighted by atomic mass is 9.94. The minimum absolute atomic E-state index is 0.0609. The van der Waals surface area contributed by atoms with Gasteiger partial charge in [0.2, 0.25) is 5.91 Å². The summed E-state index contributed by atoms with van der Waals surface area (Å²) in [5, 5.41) is 0. The van der Waals surface area contributed by atoms with E-state index in [1.807, 2.05) is 0 Å². The number of anilines is 1. The summed E-state index contributed by atoms with van der Waals surface area (Å²) in [7, 11) is 0. The Bertz CT molecular complexity index is 1010. The van der Waals surface area contributed by atoms with Crippen LogP contribution in [0.3, 0.4) is 0 Å². The maximum Gasteiger partial charge on any atom is 0.227 e. The second-order valence-electron chi connectivity index (χ2n) is 10.8. The number of aryl methyl sites for hydroxylation is 2. The van der Waals surface area contributed by atoms with E-state index in [4.69, 9.17) is 4.98 Å². The number of fused-ring (bicyclic) bond motifs is 3. The molecule has 1 unspecified atom stereocenters. The van der Waals surface area contributed by atoms with Crippen molar-refractivity contribution in [2.45, 2.75) is 83.2 Å². The zero-order valence-corrected chi connectivity index (χ0v) is 20.5. The van der Waals surface area contributed by atoms with Gasteiger partial charge in [0.05, 0.1) is 5.92 Å². The quantitative estimate of drug-likeness (QED) is 0.693. The number of piperidine rings is 3. The minimum atomic E-state index is 0.0609. The average Bonchev–Trinajstić information content (AvgIpc) is 3.09. The Hall–Kier alpha value is -2.22. The maximum atomic E-state index is 13.5. The van der Waals surface area contributed by atoms with E-state index < -0.39 is 0 Å². The fraction of sp³-hybridized carbons (Fsp3) is 0.769. The predicted octanol–water partition coefficient (Wildman–Crippen LogP) is 3.25. The number of carbonyl (C=O) groups is 1. The van der Waals surface area contributed by atoms with E-state index in [9.17, 15) is 4.79 Å². The topological polar surface area (TPSA) is 70.4 Å². The lowest BCUT2D eigenvalue weighted by Crippen LogP contribution is -2.51. The van der Waals surface area contributed by atoms with E-state index in [2.05, 4.69) is 29.2 Å². The molecule has 3 saturated heterocycles. The molecule has 3 fully saturated rings. The van der Waals surface area contributed by atoms with Gasteiger partial charge >= 0.3 is 0 Å². The highest BCUT2D eigenvalue weighted by Gasteiger charge is 2.34. The Balaban J connectivity index is 1.13.